The number of carbonyl (C=O) groups is 2. The minimum absolute atomic E-state index is 0.0311. The fourth-order valence-corrected chi connectivity index (χ4v) is 1.37. The first-order valence-corrected chi connectivity index (χ1v) is 6.58. The van der Waals surface area contributed by atoms with Crippen molar-refractivity contribution in [2.45, 2.75) is 52.2 Å². The molecule has 0 unspecified atom stereocenters. The van der Waals surface area contributed by atoms with E-state index in [4.69, 9.17) is 14.9 Å². The van der Waals surface area contributed by atoms with E-state index in [9.17, 15) is 14.7 Å². The molecule has 0 aliphatic rings. The Balaban J connectivity index is 4.68. The van der Waals surface area contributed by atoms with Gasteiger partial charge in [-0.15, -0.1) is 0 Å². The SMILES string of the molecule is CCOC(=O)[C@H](CC/C(O)=C/[N+]#N)NC(=O)OC(C)(C)C. The second kappa shape index (κ2) is 8.79. The molecule has 0 bridgehead atoms. The fourth-order valence-electron chi connectivity index (χ4n) is 1.37. The van der Waals surface area contributed by atoms with E-state index in [-0.39, 0.29) is 25.2 Å². The molecule has 8 heteroatoms. The summed E-state index contributed by atoms with van der Waals surface area (Å²) in [6.45, 7) is 6.90. The van der Waals surface area contributed by atoms with Gasteiger partial charge in [0.05, 0.1) is 6.61 Å². The van der Waals surface area contributed by atoms with Crippen molar-refractivity contribution in [3.05, 3.63) is 16.9 Å². The van der Waals surface area contributed by atoms with Crippen LogP contribution in [0.2, 0.25) is 0 Å². The minimum Gasteiger partial charge on any atom is -0.505 e. The smallest absolute Gasteiger partial charge is 0.408 e. The van der Waals surface area contributed by atoms with Crippen molar-refractivity contribution < 1.29 is 24.2 Å². The number of diazo groups is 1. The topological polar surface area (TPSA) is 113 Å². The van der Waals surface area contributed by atoms with Crippen LogP contribution < -0.4 is 5.32 Å². The van der Waals surface area contributed by atoms with Gasteiger partial charge in [-0.1, -0.05) is 0 Å². The van der Waals surface area contributed by atoms with E-state index >= 15 is 0 Å². The van der Waals surface area contributed by atoms with Gasteiger partial charge in [0, 0.05) is 6.42 Å². The molecule has 1 atom stereocenters. The molecule has 8 nitrogen and oxygen atoms in total. The second-order valence-corrected chi connectivity index (χ2v) is 5.23. The Hall–Kier alpha value is -2.30. The highest BCUT2D eigenvalue weighted by Crippen LogP contribution is 2.10. The number of hydrogen-bond acceptors (Lipinski definition) is 6. The van der Waals surface area contributed by atoms with Gasteiger partial charge in [0.25, 0.3) is 0 Å². The first-order chi connectivity index (χ1) is 9.69. The molecule has 0 spiro atoms. The predicted octanol–water partition coefficient (Wildman–Crippen LogP) is 2.48. The molecule has 0 aromatic rings. The zero-order valence-corrected chi connectivity index (χ0v) is 12.8. The highest BCUT2D eigenvalue weighted by Gasteiger charge is 2.25. The average molecular weight is 300 g/mol. The summed E-state index contributed by atoms with van der Waals surface area (Å²) in [7, 11) is 0. The number of carbonyl (C=O) groups excluding carboxylic acids is 2. The van der Waals surface area contributed by atoms with Crippen LogP contribution in [-0.2, 0) is 14.3 Å². The molecule has 2 N–H and O–H groups in total. The number of esters is 1. The molecule has 1 amide bonds. The number of allylic oxidation sites excluding steroid dienone is 1. The van der Waals surface area contributed by atoms with Gasteiger partial charge in [-0.2, -0.15) is 0 Å². The van der Waals surface area contributed by atoms with E-state index in [0.717, 1.165) is 6.20 Å². The molecule has 0 saturated heterocycles. The molecule has 21 heavy (non-hydrogen) atoms. The van der Waals surface area contributed by atoms with Crippen molar-refractivity contribution in [1.82, 2.24) is 5.32 Å². The summed E-state index contributed by atoms with van der Waals surface area (Å²) in [5.74, 6) is -0.852. The van der Waals surface area contributed by atoms with Crippen molar-refractivity contribution in [2.75, 3.05) is 6.61 Å². The van der Waals surface area contributed by atoms with Crippen LogP contribution in [0, 0.1) is 5.39 Å². The van der Waals surface area contributed by atoms with E-state index in [1.165, 1.54) is 0 Å². The van der Waals surface area contributed by atoms with Crippen LogP contribution in [0.15, 0.2) is 12.0 Å². The standard InChI is InChI=1S/C13H21N3O5/c1-5-20-11(18)10(7-6-9(17)8-15-14)16-12(19)21-13(2,3)4/h8,10H,5-7H2,1-4H3,(H-,16,17,19)/p+1/b9-8-/t10-/m0/s1. The molecule has 0 rings (SSSR count). The Labute approximate surface area is 123 Å². The zero-order valence-electron chi connectivity index (χ0n) is 12.8. The van der Waals surface area contributed by atoms with Crippen molar-refractivity contribution in [2.24, 2.45) is 0 Å². The lowest BCUT2D eigenvalue weighted by molar-refractivity contribution is -0.145. The number of nitrogens with one attached hydrogen (secondary N) is 1. The van der Waals surface area contributed by atoms with Gasteiger partial charge in [0.1, 0.15) is 11.6 Å². The summed E-state index contributed by atoms with van der Waals surface area (Å²) in [5, 5.41) is 20.0. The maximum atomic E-state index is 11.7. The first kappa shape index (κ1) is 18.7. The monoisotopic (exact) mass is 300 g/mol. The largest absolute Gasteiger partial charge is 0.505 e. The van der Waals surface area contributed by atoms with E-state index in [2.05, 4.69) is 10.3 Å². The lowest BCUT2D eigenvalue weighted by Gasteiger charge is -2.22. The number of aliphatic hydroxyl groups excluding tert-OH is 1. The van der Waals surface area contributed by atoms with Crippen LogP contribution in [0.1, 0.15) is 40.5 Å². The van der Waals surface area contributed by atoms with Gasteiger partial charge in [-0.25, -0.2) is 9.59 Å². The molecular weight excluding hydrogens is 278 g/mol. The second-order valence-electron chi connectivity index (χ2n) is 5.23. The number of amides is 1. The molecule has 0 aromatic heterocycles. The summed E-state index contributed by atoms with van der Waals surface area (Å²) in [5.41, 5.74) is -0.693. The molecule has 0 fully saturated rings. The molecule has 0 aliphatic carbocycles. The maximum absolute atomic E-state index is 11.7. The van der Waals surface area contributed by atoms with Crippen molar-refractivity contribution in [3.8, 4) is 0 Å². The van der Waals surface area contributed by atoms with Crippen molar-refractivity contribution >= 4 is 12.1 Å². The molecular formula is C13H22N3O5+. The molecule has 118 valence electrons. The first-order valence-electron chi connectivity index (χ1n) is 6.58. The molecule has 0 aromatic carbocycles. The molecule has 0 heterocycles. The summed E-state index contributed by atoms with van der Waals surface area (Å²) < 4.78 is 9.90. The Morgan fingerprint density at radius 3 is 2.52 bits per heavy atom. The van der Waals surface area contributed by atoms with Gasteiger partial charge in [0.2, 0.25) is 5.39 Å². The Kier molecular flexibility index (Phi) is 7.83. The quantitative estimate of drug-likeness (QED) is 0.442. The van der Waals surface area contributed by atoms with Crippen LogP contribution in [-0.4, -0.2) is 35.4 Å². The van der Waals surface area contributed by atoms with Crippen LogP contribution in [0.3, 0.4) is 0 Å². The Bertz CT molecular complexity index is 434. The number of aliphatic hydroxyl groups is 1. The molecule has 0 aliphatic heterocycles. The lowest BCUT2D eigenvalue weighted by Crippen LogP contribution is -2.44. The van der Waals surface area contributed by atoms with Crippen LogP contribution in [0.5, 0.6) is 0 Å². The van der Waals surface area contributed by atoms with Gasteiger partial charge in [-0.05, 0) is 34.1 Å². The number of hydrogen-bond donors (Lipinski definition) is 2. The van der Waals surface area contributed by atoms with E-state index in [1.807, 2.05) is 0 Å². The lowest BCUT2D eigenvalue weighted by atomic mass is 10.1. The van der Waals surface area contributed by atoms with Crippen molar-refractivity contribution in [3.63, 3.8) is 0 Å². The Morgan fingerprint density at radius 2 is 2.05 bits per heavy atom. The normalized spacial score (nSPS) is 13.0. The summed E-state index contributed by atoms with van der Waals surface area (Å²) in [6, 6.07) is -0.964. The van der Waals surface area contributed by atoms with Gasteiger partial charge in [-0.3, -0.25) is 0 Å². The summed E-state index contributed by atoms with van der Waals surface area (Å²) in [6.07, 6.45) is 0.200. The average Bonchev–Trinajstić information content (AvgIpc) is 2.32. The molecule has 0 saturated carbocycles. The maximum Gasteiger partial charge on any atom is 0.408 e. The number of nitrogens with zero attached hydrogens (tertiary/aromatic N) is 2. The Morgan fingerprint density at radius 1 is 1.43 bits per heavy atom. The fraction of sp³-hybridized carbons (Fsp3) is 0.692. The minimum atomic E-state index is -0.964. The number of ether oxygens (including phenoxy) is 2. The van der Waals surface area contributed by atoms with Gasteiger partial charge in [0.15, 0.2) is 10.7 Å². The highest BCUT2D eigenvalue weighted by molar-refractivity contribution is 5.81. The molecule has 0 radical (unpaired) electrons. The summed E-state index contributed by atoms with van der Waals surface area (Å²) >= 11 is 0. The third-order valence-corrected chi connectivity index (χ3v) is 2.16. The van der Waals surface area contributed by atoms with Crippen LogP contribution >= 0.6 is 0 Å². The van der Waals surface area contributed by atoms with Gasteiger partial charge < -0.3 is 19.9 Å². The predicted molar refractivity (Wildman–Crippen MR) is 74.8 cm³/mol. The van der Waals surface area contributed by atoms with Gasteiger partial charge >= 0.3 is 18.3 Å². The van der Waals surface area contributed by atoms with E-state index in [0.29, 0.717) is 0 Å². The zero-order chi connectivity index (χ0) is 16.5. The van der Waals surface area contributed by atoms with Crippen LogP contribution in [0.4, 0.5) is 4.79 Å². The van der Waals surface area contributed by atoms with Crippen molar-refractivity contribution in [1.29, 1.82) is 5.39 Å². The number of rotatable bonds is 6. The summed E-state index contributed by atoms with van der Waals surface area (Å²) in [4.78, 5) is 26.1. The van der Waals surface area contributed by atoms with E-state index in [1.54, 1.807) is 27.7 Å². The number of alkyl carbamates (subject to hydrolysis) is 1. The highest BCUT2D eigenvalue weighted by atomic mass is 16.6. The third-order valence-electron chi connectivity index (χ3n) is 2.16. The van der Waals surface area contributed by atoms with E-state index < -0.39 is 23.7 Å². The van der Waals surface area contributed by atoms with Crippen LogP contribution in [0.25, 0.3) is 4.98 Å². The third kappa shape index (κ3) is 9.27.